The van der Waals surface area contributed by atoms with E-state index in [4.69, 9.17) is 0 Å². The van der Waals surface area contributed by atoms with Gasteiger partial charge in [-0.2, -0.15) is 0 Å². The number of benzene rings is 1. The standard InChI is InChI=1S/C18H28N2O2/c1-4-11-19(3)17-9-7-15(8-10-17)18(22)20-12-5-6-16(13-20)14(2)21/h7-10,14,16,21H,4-6,11-13H2,1-3H3. The van der Waals surface area contributed by atoms with E-state index in [1.54, 1.807) is 0 Å². The third-order valence-electron chi connectivity index (χ3n) is 4.54. The summed E-state index contributed by atoms with van der Waals surface area (Å²) >= 11 is 0. The van der Waals surface area contributed by atoms with Gasteiger partial charge in [-0.15, -0.1) is 0 Å². The molecule has 0 radical (unpaired) electrons. The molecule has 1 heterocycles. The molecule has 1 aromatic carbocycles. The number of anilines is 1. The maximum atomic E-state index is 12.6. The summed E-state index contributed by atoms with van der Waals surface area (Å²) in [6, 6.07) is 7.85. The van der Waals surface area contributed by atoms with Crippen molar-refractivity contribution in [3.8, 4) is 0 Å². The number of carbonyl (C=O) groups is 1. The van der Waals surface area contributed by atoms with E-state index in [9.17, 15) is 9.90 Å². The maximum Gasteiger partial charge on any atom is 0.253 e. The highest BCUT2D eigenvalue weighted by molar-refractivity contribution is 5.94. The van der Waals surface area contributed by atoms with Gasteiger partial charge < -0.3 is 14.9 Å². The molecule has 22 heavy (non-hydrogen) atoms. The van der Waals surface area contributed by atoms with Crippen LogP contribution in [0.5, 0.6) is 0 Å². The van der Waals surface area contributed by atoms with E-state index in [-0.39, 0.29) is 17.9 Å². The molecule has 1 aliphatic heterocycles. The minimum atomic E-state index is -0.347. The molecule has 0 spiro atoms. The Hall–Kier alpha value is -1.55. The number of hydrogen-bond donors (Lipinski definition) is 1. The van der Waals surface area contributed by atoms with Crippen molar-refractivity contribution in [1.82, 2.24) is 4.90 Å². The number of amides is 1. The molecular weight excluding hydrogens is 276 g/mol. The summed E-state index contributed by atoms with van der Waals surface area (Å²) in [5, 5.41) is 9.75. The van der Waals surface area contributed by atoms with Crippen LogP contribution >= 0.6 is 0 Å². The summed E-state index contributed by atoms with van der Waals surface area (Å²) in [4.78, 5) is 16.7. The first-order valence-electron chi connectivity index (χ1n) is 8.31. The van der Waals surface area contributed by atoms with Crippen molar-refractivity contribution in [1.29, 1.82) is 0 Å². The third kappa shape index (κ3) is 4.01. The van der Waals surface area contributed by atoms with E-state index in [1.165, 1.54) is 0 Å². The van der Waals surface area contributed by atoms with Gasteiger partial charge in [0.25, 0.3) is 5.91 Å². The van der Waals surface area contributed by atoms with Crippen LogP contribution in [0.4, 0.5) is 5.69 Å². The van der Waals surface area contributed by atoms with Crippen LogP contribution < -0.4 is 4.90 Å². The van der Waals surface area contributed by atoms with Crippen molar-refractivity contribution in [3.05, 3.63) is 29.8 Å². The van der Waals surface area contributed by atoms with Crippen LogP contribution in [0.15, 0.2) is 24.3 Å². The van der Waals surface area contributed by atoms with Crippen LogP contribution in [0.25, 0.3) is 0 Å². The number of aliphatic hydroxyl groups excluding tert-OH is 1. The summed E-state index contributed by atoms with van der Waals surface area (Å²) in [6.45, 7) is 6.43. The minimum absolute atomic E-state index is 0.0787. The predicted octanol–water partition coefficient (Wildman–Crippen LogP) is 2.77. The lowest BCUT2D eigenvalue weighted by atomic mass is 9.93. The van der Waals surface area contributed by atoms with Crippen LogP contribution in [-0.2, 0) is 0 Å². The first kappa shape index (κ1) is 16.8. The first-order chi connectivity index (χ1) is 10.5. The van der Waals surface area contributed by atoms with Crippen LogP contribution in [0.1, 0.15) is 43.5 Å². The zero-order chi connectivity index (χ0) is 16.1. The van der Waals surface area contributed by atoms with Crippen molar-refractivity contribution in [2.24, 2.45) is 5.92 Å². The summed E-state index contributed by atoms with van der Waals surface area (Å²) in [5.74, 6) is 0.280. The third-order valence-corrected chi connectivity index (χ3v) is 4.54. The molecule has 0 saturated carbocycles. The Balaban J connectivity index is 2.03. The lowest BCUT2D eigenvalue weighted by Crippen LogP contribution is -2.42. The fraction of sp³-hybridized carbons (Fsp3) is 0.611. The average molecular weight is 304 g/mol. The monoisotopic (exact) mass is 304 g/mol. The number of carbonyl (C=O) groups excluding carboxylic acids is 1. The fourth-order valence-electron chi connectivity index (χ4n) is 3.09. The second-order valence-electron chi connectivity index (χ2n) is 6.36. The van der Waals surface area contributed by atoms with E-state index >= 15 is 0 Å². The lowest BCUT2D eigenvalue weighted by Gasteiger charge is -2.34. The van der Waals surface area contributed by atoms with E-state index in [1.807, 2.05) is 36.1 Å². The van der Waals surface area contributed by atoms with Gasteiger partial charge in [0.15, 0.2) is 0 Å². The van der Waals surface area contributed by atoms with E-state index in [0.717, 1.165) is 43.6 Å². The van der Waals surface area contributed by atoms with Gasteiger partial charge in [0.05, 0.1) is 6.10 Å². The van der Waals surface area contributed by atoms with Gasteiger partial charge in [-0.1, -0.05) is 6.92 Å². The smallest absolute Gasteiger partial charge is 0.253 e. The SMILES string of the molecule is CCCN(C)c1ccc(C(=O)N2CCCC(C(C)O)C2)cc1. The van der Waals surface area contributed by atoms with E-state index in [2.05, 4.69) is 18.9 Å². The van der Waals surface area contributed by atoms with Crippen molar-refractivity contribution >= 4 is 11.6 Å². The van der Waals surface area contributed by atoms with Crippen molar-refractivity contribution < 1.29 is 9.90 Å². The Morgan fingerprint density at radius 3 is 2.68 bits per heavy atom. The van der Waals surface area contributed by atoms with Gasteiger partial charge in [0.1, 0.15) is 0 Å². The molecule has 1 N–H and O–H groups in total. The Labute approximate surface area is 133 Å². The average Bonchev–Trinajstić information content (AvgIpc) is 2.54. The number of hydrogen-bond acceptors (Lipinski definition) is 3. The largest absolute Gasteiger partial charge is 0.393 e. The molecule has 1 amide bonds. The highest BCUT2D eigenvalue weighted by atomic mass is 16.3. The molecule has 2 unspecified atom stereocenters. The topological polar surface area (TPSA) is 43.8 Å². The molecule has 2 rings (SSSR count). The second kappa shape index (κ2) is 7.63. The van der Waals surface area contributed by atoms with Crippen LogP contribution in [-0.4, -0.2) is 48.7 Å². The summed E-state index contributed by atoms with van der Waals surface area (Å²) < 4.78 is 0. The van der Waals surface area contributed by atoms with Crippen molar-refractivity contribution in [3.63, 3.8) is 0 Å². The molecule has 0 aliphatic carbocycles. The molecular formula is C18H28N2O2. The van der Waals surface area contributed by atoms with Gasteiger partial charge in [-0.25, -0.2) is 0 Å². The predicted molar refractivity (Wildman–Crippen MR) is 90.3 cm³/mol. The number of piperidine rings is 1. The molecule has 122 valence electrons. The maximum absolute atomic E-state index is 12.6. The first-order valence-corrected chi connectivity index (χ1v) is 8.31. The van der Waals surface area contributed by atoms with Crippen LogP contribution in [0, 0.1) is 5.92 Å². The number of likely N-dealkylation sites (tertiary alicyclic amines) is 1. The molecule has 1 fully saturated rings. The second-order valence-corrected chi connectivity index (χ2v) is 6.36. The molecule has 1 aliphatic rings. The quantitative estimate of drug-likeness (QED) is 0.909. The summed E-state index contributed by atoms with van der Waals surface area (Å²) in [5.41, 5.74) is 1.87. The lowest BCUT2D eigenvalue weighted by molar-refractivity contribution is 0.0466. The van der Waals surface area contributed by atoms with E-state index in [0.29, 0.717) is 6.54 Å². The summed E-state index contributed by atoms with van der Waals surface area (Å²) in [6.07, 6.45) is 2.73. The molecule has 2 atom stereocenters. The van der Waals surface area contributed by atoms with Gasteiger partial charge in [0.2, 0.25) is 0 Å². The number of rotatable bonds is 5. The van der Waals surface area contributed by atoms with Crippen LogP contribution in [0.3, 0.4) is 0 Å². The van der Waals surface area contributed by atoms with Gasteiger partial charge >= 0.3 is 0 Å². The van der Waals surface area contributed by atoms with Crippen molar-refractivity contribution in [2.45, 2.75) is 39.2 Å². The molecule has 4 heteroatoms. The zero-order valence-corrected chi connectivity index (χ0v) is 14.0. The number of aliphatic hydroxyl groups is 1. The molecule has 0 bridgehead atoms. The Morgan fingerprint density at radius 1 is 1.41 bits per heavy atom. The van der Waals surface area contributed by atoms with Gasteiger partial charge in [0, 0.05) is 43.9 Å². The Morgan fingerprint density at radius 2 is 2.09 bits per heavy atom. The summed E-state index contributed by atoms with van der Waals surface area (Å²) in [7, 11) is 2.07. The highest BCUT2D eigenvalue weighted by Gasteiger charge is 2.26. The normalized spacial score (nSPS) is 19.8. The van der Waals surface area contributed by atoms with E-state index < -0.39 is 0 Å². The fourth-order valence-corrected chi connectivity index (χ4v) is 3.09. The molecule has 4 nitrogen and oxygen atoms in total. The Bertz CT molecular complexity index is 484. The Kier molecular flexibility index (Phi) is 5.83. The highest BCUT2D eigenvalue weighted by Crippen LogP contribution is 2.22. The molecule has 1 saturated heterocycles. The number of nitrogens with zero attached hydrogens (tertiary/aromatic N) is 2. The van der Waals surface area contributed by atoms with Crippen LogP contribution in [0.2, 0.25) is 0 Å². The molecule has 1 aromatic rings. The zero-order valence-electron chi connectivity index (χ0n) is 14.0. The van der Waals surface area contributed by atoms with Crippen molar-refractivity contribution in [2.75, 3.05) is 31.6 Å². The minimum Gasteiger partial charge on any atom is -0.393 e. The van der Waals surface area contributed by atoms with Gasteiger partial charge in [-0.05, 0) is 50.5 Å². The molecule has 0 aromatic heterocycles. The van der Waals surface area contributed by atoms with Gasteiger partial charge in [-0.3, -0.25) is 4.79 Å².